The molecule has 4 nitrogen and oxygen atoms in total. The Kier molecular flexibility index (Phi) is 7.13. The molecular weight excluding hydrogens is 312 g/mol. The van der Waals surface area contributed by atoms with Crippen molar-refractivity contribution in [3.8, 4) is 11.8 Å². The van der Waals surface area contributed by atoms with E-state index in [0.717, 1.165) is 67.9 Å². The lowest BCUT2D eigenvalue weighted by Gasteiger charge is -2.29. The van der Waals surface area contributed by atoms with Gasteiger partial charge in [-0.25, -0.2) is 0 Å². The number of nitrogens with zero attached hydrogens (tertiary/aromatic N) is 2. The summed E-state index contributed by atoms with van der Waals surface area (Å²) in [6.45, 7) is 14.3. The standard InChI is InChI=1S/C21H32N2O2/c1-6-10-23(11-7-2)12-8-9-13-25-22-18-14-21(4,5)15-19-20(18)17(3)16-24-19/h16H,6-7,10-15H2,1-5H3/b22-18+. The fraction of sp³-hybridized carbons (Fsp3) is 0.667. The zero-order valence-electron chi connectivity index (χ0n) is 16.4. The third-order valence-electron chi connectivity index (χ3n) is 4.44. The van der Waals surface area contributed by atoms with Gasteiger partial charge < -0.3 is 9.25 Å². The molecular formula is C21H32N2O2. The summed E-state index contributed by atoms with van der Waals surface area (Å²) in [7, 11) is 0. The molecule has 0 N–H and O–H groups in total. The van der Waals surface area contributed by atoms with Crippen molar-refractivity contribution in [3.05, 3.63) is 23.2 Å². The lowest BCUT2D eigenvalue weighted by molar-refractivity contribution is 0.176. The highest BCUT2D eigenvalue weighted by atomic mass is 16.6. The minimum absolute atomic E-state index is 0.145. The van der Waals surface area contributed by atoms with Gasteiger partial charge in [0.2, 0.25) is 0 Å². The highest BCUT2D eigenvalue weighted by Gasteiger charge is 2.33. The summed E-state index contributed by atoms with van der Waals surface area (Å²) >= 11 is 0. The third-order valence-corrected chi connectivity index (χ3v) is 4.44. The summed E-state index contributed by atoms with van der Waals surface area (Å²) in [5.74, 6) is 7.30. The predicted molar refractivity (Wildman–Crippen MR) is 103 cm³/mol. The van der Waals surface area contributed by atoms with E-state index in [1.165, 1.54) is 0 Å². The van der Waals surface area contributed by atoms with Crippen molar-refractivity contribution in [1.29, 1.82) is 0 Å². The molecule has 0 saturated carbocycles. The monoisotopic (exact) mass is 344 g/mol. The molecule has 4 heteroatoms. The van der Waals surface area contributed by atoms with Gasteiger partial charge in [-0.05, 0) is 50.3 Å². The molecule has 138 valence electrons. The van der Waals surface area contributed by atoms with E-state index < -0.39 is 0 Å². The normalized spacial score (nSPS) is 17.3. The SMILES string of the molecule is CCCN(CC#CCO/N=C1\CC(C)(C)Cc2occ(C)c21)CCC. The van der Waals surface area contributed by atoms with Crippen LogP contribution in [0.3, 0.4) is 0 Å². The first-order chi connectivity index (χ1) is 12.0. The Labute approximate surface area is 152 Å². The van der Waals surface area contributed by atoms with Crippen molar-refractivity contribution >= 4 is 5.71 Å². The van der Waals surface area contributed by atoms with Crippen molar-refractivity contribution in [2.24, 2.45) is 10.6 Å². The molecule has 1 aliphatic rings. The van der Waals surface area contributed by atoms with Crippen LogP contribution in [0.1, 0.15) is 63.8 Å². The van der Waals surface area contributed by atoms with E-state index in [1.807, 2.05) is 6.26 Å². The van der Waals surface area contributed by atoms with Gasteiger partial charge in [-0.2, -0.15) is 0 Å². The van der Waals surface area contributed by atoms with Crippen LogP contribution in [0, 0.1) is 24.2 Å². The van der Waals surface area contributed by atoms with Gasteiger partial charge in [0.05, 0.1) is 18.5 Å². The summed E-state index contributed by atoms with van der Waals surface area (Å²) in [5, 5.41) is 4.38. The van der Waals surface area contributed by atoms with Crippen LogP contribution in [-0.2, 0) is 11.3 Å². The summed E-state index contributed by atoms with van der Waals surface area (Å²) < 4.78 is 5.70. The Hall–Kier alpha value is -1.73. The van der Waals surface area contributed by atoms with Crippen molar-refractivity contribution in [2.75, 3.05) is 26.2 Å². The molecule has 1 aromatic heterocycles. The first-order valence-electron chi connectivity index (χ1n) is 9.41. The minimum atomic E-state index is 0.145. The van der Waals surface area contributed by atoms with E-state index in [-0.39, 0.29) is 5.41 Å². The van der Waals surface area contributed by atoms with Gasteiger partial charge in [0.25, 0.3) is 0 Å². The van der Waals surface area contributed by atoms with Gasteiger partial charge >= 0.3 is 0 Å². The Morgan fingerprint density at radius 1 is 1.20 bits per heavy atom. The van der Waals surface area contributed by atoms with E-state index in [0.29, 0.717) is 6.61 Å². The number of fused-ring (bicyclic) bond motifs is 1. The van der Waals surface area contributed by atoms with Crippen LogP contribution in [0.5, 0.6) is 0 Å². The number of oxime groups is 1. The number of hydrogen-bond acceptors (Lipinski definition) is 4. The molecule has 1 heterocycles. The van der Waals surface area contributed by atoms with E-state index in [2.05, 4.69) is 56.5 Å². The highest BCUT2D eigenvalue weighted by Crippen LogP contribution is 2.37. The molecule has 0 unspecified atom stereocenters. The van der Waals surface area contributed by atoms with Crippen LogP contribution in [0.4, 0.5) is 0 Å². The zero-order chi connectivity index (χ0) is 18.3. The molecule has 2 rings (SSSR count). The average molecular weight is 344 g/mol. The number of furan rings is 1. The van der Waals surface area contributed by atoms with E-state index in [1.54, 1.807) is 0 Å². The summed E-state index contributed by atoms with van der Waals surface area (Å²) in [6.07, 6.45) is 5.98. The smallest absolute Gasteiger partial charge is 0.177 e. The van der Waals surface area contributed by atoms with Crippen molar-refractivity contribution in [2.45, 2.75) is 60.3 Å². The van der Waals surface area contributed by atoms with Crippen molar-refractivity contribution in [3.63, 3.8) is 0 Å². The quantitative estimate of drug-likeness (QED) is 0.418. The maximum Gasteiger partial charge on any atom is 0.177 e. The fourth-order valence-electron chi connectivity index (χ4n) is 3.40. The summed E-state index contributed by atoms with van der Waals surface area (Å²) in [6, 6.07) is 0. The van der Waals surface area contributed by atoms with Gasteiger partial charge in [0.15, 0.2) is 6.61 Å². The molecule has 0 fully saturated rings. The molecule has 0 bridgehead atoms. The second-order valence-electron chi connectivity index (χ2n) is 7.68. The molecule has 0 aromatic carbocycles. The lowest BCUT2D eigenvalue weighted by Crippen LogP contribution is -2.27. The Morgan fingerprint density at radius 3 is 2.60 bits per heavy atom. The zero-order valence-corrected chi connectivity index (χ0v) is 16.4. The third kappa shape index (κ3) is 5.64. The predicted octanol–water partition coefficient (Wildman–Crippen LogP) is 4.41. The summed E-state index contributed by atoms with van der Waals surface area (Å²) in [4.78, 5) is 7.88. The maximum absolute atomic E-state index is 5.70. The van der Waals surface area contributed by atoms with Crippen molar-refractivity contribution < 1.29 is 9.25 Å². The van der Waals surface area contributed by atoms with Gasteiger partial charge in [0, 0.05) is 12.0 Å². The molecule has 0 atom stereocenters. The van der Waals surface area contributed by atoms with Crippen LogP contribution in [-0.4, -0.2) is 36.9 Å². The first kappa shape index (κ1) is 19.6. The Balaban J connectivity index is 1.92. The van der Waals surface area contributed by atoms with Crippen LogP contribution in [0.25, 0.3) is 0 Å². The molecule has 0 amide bonds. The molecule has 0 radical (unpaired) electrons. The van der Waals surface area contributed by atoms with Gasteiger partial charge in [-0.3, -0.25) is 4.90 Å². The number of hydrogen-bond donors (Lipinski definition) is 0. The average Bonchev–Trinajstić information content (AvgIpc) is 2.90. The number of aryl methyl sites for hydroxylation is 1. The van der Waals surface area contributed by atoms with E-state index in [4.69, 9.17) is 9.25 Å². The minimum Gasteiger partial charge on any atom is -0.468 e. The first-order valence-corrected chi connectivity index (χ1v) is 9.41. The largest absolute Gasteiger partial charge is 0.468 e. The molecule has 0 spiro atoms. The van der Waals surface area contributed by atoms with Crippen LogP contribution in [0.15, 0.2) is 15.8 Å². The molecule has 1 aromatic rings. The van der Waals surface area contributed by atoms with Crippen LogP contribution in [0.2, 0.25) is 0 Å². The highest BCUT2D eigenvalue weighted by molar-refractivity contribution is 6.03. The topological polar surface area (TPSA) is 38.0 Å². The van der Waals surface area contributed by atoms with Gasteiger partial charge in [-0.15, -0.1) is 0 Å². The molecule has 0 aliphatic heterocycles. The molecule has 0 saturated heterocycles. The van der Waals surface area contributed by atoms with Crippen molar-refractivity contribution in [1.82, 2.24) is 4.90 Å². The van der Waals surface area contributed by atoms with Gasteiger partial charge in [0.1, 0.15) is 5.76 Å². The van der Waals surface area contributed by atoms with Crippen LogP contribution >= 0.6 is 0 Å². The molecule has 1 aliphatic carbocycles. The van der Waals surface area contributed by atoms with E-state index in [9.17, 15) is 0 Å². The second-order valence-corrected chi connectivity index (χ2v) is 7.68. The van der Waals surface area contributed by atoms with E-state index >= 15 is 0 Å². The van der Waals surface area contributed by atoms with Crippen LogP contribution < -0.4 is 0 Å². The van der Waals surface area contributed by atoms with Gasteiger partial charge in [-0.1, -0.05) is 44.7 Å². The Bertz CT molecular complexity index is 641. The Morgan fingerprint density at radius 2 is 1.92 bits per heavy atom. The number of rotatable bonds is 7. The maximum atomic E-state index is 5.70. The molecule has 25 heavy (non-hydrogen) atoms. The fourth-order valence-corrected chi connectivity index (χ4v) is 3.40. The summed E-state index contributed by atoms with van der Waals surface area (Å²) in [5.41, 5.74) is 3.39. The second kappa shape index (κ2) is 9.10. The lowest BCUT2D eigenvalue weighted by atomic mass is 9.75.